The molecule has 1 unspecified atom stereocenters. The molecule has 3 N–H and O–H groups in total. The van der Waals surface area contributed by atoms with Crippen molar-refractivity contribution in [1.29, 1.82) is 0 Å². The van der Waals surface area contributed by atoms with Crippen LogP contribution < -0.4 is 16.1 Å². The number of benzene rings is 2. The van der Waals surface area contributed by atoms with E-state index >= 15 is 0 Å². The number of para-hydroxylation sites is 1. The molecule has 2 aliphatic heterocycles. The van der Waals surface area contributed by atoms with Gasteiger partial charge in [0.1, 0.15) is 0 Å². The number of hydrogen-bond acceptors (Lipinski definition) is 5. The van der Waals surface area contributed by atoms with Gasteiger partial charge in [-0.2, -0.15) is 0 Å². The largest absolute Gasteiger partial charge is 0.376 e. The van der Waals surface area contributed by atoms with Gasteiger partial charge in [0.2, 0.25) is 11.8 Å². The summed E-state index contributed by atoms with van der Waals surface area (Å²) >= 11 is 0. The minimum Gasteiger partial charge on any atom is -0.376 e. The van der Waals surface area contributed by atoms with Crippen LogP contribution in [0.15, 0.2) is 48.5 Å². The molecule has 1 fully saturated rings. The number of carbonyl (C=O) groups is 2. The third kappa shape index (κ3) is 7.23. The number of rotatable bonds is 11. The van der Waals surface area contributed by atoms with Crippen LogP contribution in [0.4, 0.5) is 5.69 Å². The molecule has 2 aliphatic rings. The Morgan fingerprint density at radius 2 is 1.64 bits per heavy atom. The van der Waals surface area contributed by atoms with Gasteiger partial charge in [-0.15, -0.1) is 0 Å². The minimum absolute atomic E-state index is 0.0128. The van der Waals surface area contributed by atoms with Gasteiger partial charge in [0.15, 0.2) is 0 Å². The number of anilines is 1. The van der Waals surface area contributed by atoms with Crippen molar-refractivity contribution >= 4 is 17.5 Å². The van der Waals surface area contributed by atoms with Gasteiger partial charge in [0.05, 0.1) is 23.4 Å². The van der Waals surface area contributed by atoms with E-state index in [1.165, 1.54) is 0 Å². The summed E-state index contributed by atoms with van der Waals surface area (Å²) in [5.41, 5.74) is 11.4. The van der Waals surface area contributed by atoms with Crippen molar-refractivity contribution in [2.24, 2.45) is 16.6 Å². The van der Waals surface area contributed by atoms with Gasteiger partial charge >= 0.3 is 0 Å². The zero-order chi connectivity index (χ0) is 30.8. The molecule has 0 radical (unpaired) electrons. The topological polar surface area (TPSA) is 87.9 Å². The number of hydrogen-bond donors (Lipinski definition) is 2. The van der Waals surface area contributed by atoms with Crippen LogP contribution in [0.25, 0.3) is 0 Å². The lowest BCUT2D eigenvalue weighted by Gasteiger charge is -2.53. The molecule has 2 heterocycles. The first kappa shape index (κ1) is 31.7. The van der Waals surface area contributed by atoms with E-state index in [0.717, 1.165) is 28.8 Å². The lowest BCUT2D eigenvalue weighted by Crippen LogP contribution is -2.74. The molecule has 0 bridgehead atoms. The highest BCUT2D eigenvalue weighted by molar-refractivity contribution is 5.95. The normalized spacial score (nSPS) is 18.6. The molecule has 2 aromatic carbocycles. The van der Waals surface area contributed by atoms with Crippen molar-refractivity contribution < 1.29 is 14.3 Å². The second-order valence-electron chi connectivity index (χ2n) is 14.2. The molecule has 4 rings (SSSR count). The quantitative estimate of drug-likeness (QED) is 0.352. The first-order valence-electron chi connectivity index (χ1n) is 15.1. The fourth-order valence-electron chi connectivity index (χ4n) is 5.93. The smallest absolute Gasteiger partial charge is 0.242 e. The molecule has 0 spiro atoms. The first-order chi connectivity index (χ1) is 19.7. The molecule has 1 saturated heterocycles. The first-order valence-corrected chi connectivity index (χ1v) is 15.1. The van der Waals surface area contributed by atoms with Crippen molar-refractivity contribution in [3.8, 4) is 11.8 Å². The van der Waals surface area contributed by atoms with Gasteiger partial charge in [-0.1, -0.05) is 69.9 Å². The highest BCUT2D eigenvalue weighted by Crippen LogP contribution is 2.35. The number of carbonyl (C=O) groups excluding carboxylic acids is 2. The summed E-state index contributed by atoms with van der Waals surface area (Å²) in [5, 5.41) is 1.74. The van der Waals surface area contributed by atoms with Crippen LogP contribution in [0.1, 0.15) is 90.8 Å². The van der Waals surface area contributed by atoms with Crippen molar-refractivity contribution in [1.82, 2.24) is 10.4 Å². The van der Waals surface area contributed by atoms with E-state index < -0.39 is 11.0 Å². The number of nitrogens with one attached hydrogen (secondary N) is 1. The van der Waals surface area contributed by atoms with Gasteiger partial charge in [-0.3, -0.25) is 14.6 Å². The van der Waals surface area contributed by atoms with Crippen LogP contribution in [0.3, 0.4) is 0 Å². The maximum absolute atomic E-state index is 13.8. The fraction of sp³-hybridized carbons (Fsp3) is 0.543. The molecule has 226 valence electrons. The maximum Gasteiger partial charge on any atom is 0.242 e. The third-order valence-corrected chi connectivity index (χ3v) is 8.67. The monoisotopic (exact) mass is 572 g/mol. The zero-order valence-electron chi connectivity index (χ0n) is 26.5. The molecule has 0 aliphatic carbocycles. The standard InChI is InChI=1S/C35H48N4O3/c1-32(2,24-36)23-34(5,6)42-21-20-33(3,4)31(41)39-35(7,25-37-39)19-18-30(40)38-22-28-14-9-8-12-26(28)16-17-27-13-10-11-15-29(27)38/h8-15,37H,18-25,36H2,1-7H3. The van der Waals surface area contributed by atoms with Crippen molar-refractivity contribution in [2.75, 3.05) is 24.6 Å². The Bertz CT molecular complexity index is 1370. The summed E-state index contributed by atoms with van der Waals surface area (Å²) in [4.78, 5) is 29.3. The van der Waals surface area contributed by atoms with Crippen molar-refractivity contribution in [3.05, 3.63) is 65.2 Å². The van der Waals surface area contributed by atoms with Crippen LogP contribution in [0.5, 0.6) is 0 Å². The Hall–Kier alpha value is -3.18. The van der Waals surface area contributed by atoms with Crippen molar-refractivity contribution in [2.45, 2.75) is 91.8 Å². The summed E-state index contributed by atoms with van der Waals surface area (Å²) in [5.74, 6) is 6.57. The van der Waals surface area contributed by atoms with Crippen LogP contribution >= 0.6 is 0 Å². The number of amides is 2. The van der Waals surface area contributed by atoms with Crippen LogP contribution in [-0.4, -0.2) is 47.7 Å². The highest BCUT2D eigenvalue weighted by Gasteiger charge is 2.48. The molecule has 2 aromatic rings. The van der Waals surface area contributed by atoms with Gasteiger partial charge in [0.25, 0.3) is 0 Å². The predicted molar refractivity (Wildman–Crippen MR) is 168 cm³/mol. The summed E-state index contributed by atoms with van der Waals surface area (Å²) in [6.45, 7) is 16.6. The molecule has 0 saturated carbocycles. The van der Waals surface area contributed by atoms with Gasteiger partial charge in [-0.05, 0) is 75.8 Å². The van der Waals surface area contributed by atoms with Gasteiger partial charge in [-0.25, -0.2) is 5.43 Å². The Labute approximate surface area is 252 Å². The lowest BCUT2D eigenvalue weighted by atomic mass is 9.81. The number of fused-ring (bicyclic) bond motifs is 2. The van der Waals surface area contributed by atoms with E-state index in [-0.39, 0.29) is 22.8 Å². The maximum atomic E-state index is 13.8. The van der Waals surface area contributed by atoms with E-state index in [9.17, 15) is 9.59 Å². The highest BCUT2D eigenvalue weighted by atomic mass is 16.5. The number of nitrogens with zero attached hydrogens (tertiary/aromatic N) is 2. The van der Waals surface area contributed by atoms with E-state index in [1.54, 1.807) is 5.01 Å². The van der Waals surface area contributed by atoms with E-state index in [0.29, 0.717) is 45.5 Å². The molecular formula is C35H48N4O3. The molecule has 2 amide bonds. The van der Waals surface area contributed by atoms with E-state index in [4.69, 9.17) is 10.5 Å². The minimum atomic E-state index is -0.623. The Balaban J connectivity index is 1.39. The van der Waals surface area contributed by atoms with E-state index in [2.05, 4.69) is 51.9 Å². The summed E-state index contributed by atoms with van der Waals surface area (Å²) in [6.07, 6.45) is 2.31. The summed E-state index contributed by atoms with van der Waals surface area (Å²) in [6, 6.07) is 15.8. The second-order valence-corrected chi connectivity index (χ2v) is 14.2. The van der Waals surface area contributed by atoms with E-state index in [1.807, 2.05) is 67.3 Å². The average molecular weight is 573 g/mol. The average Bonchev–Trinajstić information content (AvgIpc) is 2.91. The molecule has 0 aromatic heterocycles. The Morgan fingerprint density at radius 1 is 1.00 bits per heavy atom. The molecule has 1 atom stereocenters. The number of hydrazine groups is 1. The molecular weight excluding hydrogens is 524 g/mol. The fourth-order valence-corrected chi connectivity index (χ4v) is 5.93. The Kier molecular flexibility index (Phi) is 9.22. The van der Waals surface area contributed by atoms with Crippen LogP contribution in [0.2, 0.25) is 0 Å². The summed E-state index contributed by atoms with van der Waals surface area (Å²) < 4.78 is 6.25. The SMILES string of the molecule is CC(C)(CN)CC(C)(C)OCCC(C)(C)C(=O)N1NCC1(C)CCC(=O)N1Cc2ccccc2C#Cc2ccccc21. The van der Waals surface area contributed by atoms with Crippen LogP contribution in [0, 0.1) is 22.7 Å². The van der Waals surface area contributed by atoms with Crippen molar-refractivity contribution in [3.63, 3.8) is 0 Å². The van der Waals surface area contributed by atoms with Gasteiger partial charge in [0, 0.05) is 36.1 Å². The Morgan fingerprint density at radius 3 is 2.31 bits per heavy atom. The second kappa shape index (κ2) is 12.2. The van der Waals surface area contributed by atoms with Crippen LogP contribution in [-0.2, 0) is 20.9 Å². The summed E-state index contributed by atoms with van der Waals surface area (Å²) in [7, 11) is 0. The zero-order valence-corrected chi connectivity index (χ0v) is 26.5. The predicted octanol–water partition coefficient (Wildman–Crippen LogP) is 5.41. The number of ether oxygens (including phenoxy) is 1. The molecule has 7 heteroatoms. The lowest BCUT2D eigenvalue weighted by molar-refractivity contribution is -0.168. The number of nitrogens with two attached hydrogens (primary N) is 1. The third-order valence-electron chi connectivity index (χ3n) is 8.67. The molecule has 42 heavy (non-hydrogen) atoms. The van der Waals surface area contributed by atoms with Gasteiger partial charge < -0.3 is 15.4 Å². The molecule has 7 nitrogen and oxygen atoms in total.